The molecule has 0 unspecified atom stereocenters. The second kappa shape index (κ2) is 11.6. The zero-order valence-corrected chi connectivity index (χ0v) is 16.3. The average Bonchev–Trinajstić information content (AvgIpc) is 2.69. The quantitative estimate of drug-likeness (QED) is 0.587. The highest BCUT2D eigenvalue weighted by atomic mass is 16.5. The van der Waals surface area contributed by atoms with Gasteiger partial charge in [0.05, 0.1) is 13.7 Å². The van der Waals surface area contributed by atoms with Crippen LogP contribution in [0.1, 0.15) is 25.0 Å². The largest absolute Gasteiger partial charge is 0.493 e. The number of hydrogen-bond acceptors (Lipinski definition) is 4. The Morgan fingerprint density at radius 3 is 2.38 bits per heavy atom. The minimum Gasteiger partial charge on any atom is -0.493 e. The summed E-state index contributed by atoms with van der Waals surface area (Å²) >= 11 is 0. The molecule has 0 saturated carbocycles. The summed E-state index contributed by atoms with van der Waals surface area (Å²) < 4.78 is 11.4. The van der Waals surface area contributed by atoms with E-state index in [0.29, 0.717) is 6.61 Å². The lowest BCUT2D eigenvalue weighted by molar-refractivity contribution is 0.297. The van der Waals surface area contributed by atoms with Gasteiger partial charge in [0, 0.05) is 26.1 Å². The highest BCUT2D eigenvalue weighted by Crippen LogP contribution is 2.28. The fraction of sp³-hybridized carbons (Fsp3) is 0.455. The van der Waals surface area contributed by atoms with Crippen molar-refractivity contribution >= 4 is 0 Å². The molecule has 0 aliphatic rings. The van der Waals surface area contributed by atoms with Crippen LogP contribution < -0.4 is 14.8 Å². The Kier molecular flexibility index (Phi) is 9.01. The van der Waals surface area contributed by atoms with Gasteiger partial charge in [0.25, 0.3) is 0 Å². The molecule has 2 aromatic rings. The van der Waals surface area contributed by atoms with Gasteiger partial charge < -0.3 is 19.7 Å². The number of likely N-dealkylation sites (N-methyl/N-ethyl adjacent to an activating group) is 1. The summed E-state index contributed by atoms with van der Waals surface area (Å²) in [5.41, 5.74) is 2.48. The van der Waals surface area contributed by atoms with E-state index in [1.54, 1.807) is 7.11 Å². The molecule has 0 aliphatic carbocycles. The minimum absolute atomic E-state index is 0.641. The molecule has 2 aromatic carbocycles. The van der Waals surface area contributed by atoms with Gasteiger partial charge in [-0.15, -0.1) is 0 Å². The molecule has 0 heterocycles. The first kappa shape index (κ1) is 20.3. The minimum atomic E-state index is 0.641. The molecule has 142 valence electrons. The van der Waals surface area contributed by atoms with Crippen molar-refractivity contribution < 1.29 is 9.47 Å². The van der Waals surface area contributed by atoms with Crippen LogP contribution in [0.3, 0.4) is 0 Å². The van der Waals surface area contributed by atoms with Crippen molar-refractivity contribution in [3.05, 3.63) is 59.7 Å². The van der Waals surface area contributed by atoms with Crippen molar-refractivity contribution in [1.29, 1.82) is 0 Å². The van der Waals surface area contributed by atoms with Gasteiger partial charge in [-0.25, -0.2) is 0 Å². The van der Waals surface area contributed by atoms with E-state index in [-0.39, 0.29) is 0 Å². The van der Waals surface area contributed by atoms with Crippen molar-refractivity contribution in [2.24, 2.45) is 0 Å². The van der Waals surface area contributed by atoms with E-state index in [1.807, 2.05) is 12.1 Å². The number of nitrogens with one attached hydrogen (secondary N) is 1. The molecular weight excluding hydrogens is 324 g/mol. The Balaban J connectivity index is 1.80. The number of hydrogen-bond donors (Lipinski definition) is 1. The summed E-state index contributed by atoms with van der Waals surface area (Å²) in [4.78, 5) is 2.41. The molecule has 0 aliphatic heterocycles. The molecule has 0 atom stereocenters. The molecule has 2 rings (SSSR count). The maximum atomic E-state index is 5.92. The zero-order chi connectivity index (χ0) is 18.6. The van der Waals surface area contributed by atoms with E-state index in [1.165, 1.54) is 11.1 Å². The van der Waals surface area contributed by atoms with Gasteiger partial charge in [0.1, 0.15) is 0 Å². The lowest BCUT2D eigenvalue weighted by atomic mass is 10.1. The highest BCUT2D eigenvalue weighted by molar-refractivity contribution is 5.43. The summed E-state index contributed by atoms with van der Waals surface area (Å²) in [5.74, 6) is 1.59. The maximum Gasteiger partial charge on any atom is 0.161 e. The van der Waals surface area contributed by atoms with Crippen LogP contribution in [0.2, 0.25) is 0 Å². The lowest BCUT2D eigenvalue weighted by Crippen LogP contribution is -2.31. The van der Waals surface area contributed by atoms with Crippen LogP contribution in [0.5, 0.6) is 11.5 Å². The molecule has 0 amide bonds. The first-order valence-electron chi connectivity index (χ1n) is 9.53. The smallest absolute Gasteiger partial charge is 0.161 e. The second-order valence-electron chi connectivity index (χ2n) is 6.27. The Labute approximate surface area is 158 Å². The van der Waals surface area contributed by atoms with Crippen LogP contribution >= 0.6 is 0 Å². The number of benzene rings is 2. The first-order valence-corrected chi connectivity index (χ1v) is 9.53. The predicted molar refractivity (Wildman–Crippen MR) is 108 cm³/mol. The topological polar surface area (TPSA) is 33.7 Å². The molecule has 0 radical (unpaired) electrons. The number of rotatable bonds is 12. The fourth-order valence-electron chi connectivity index (χ4n) is 2.87. The molecule has 0 saturated heterocycles. The third kappa shape index (κ3) is 6.70. The third-order valence-corrected chi connectivity index (χ3v) is 4.55. The molecule has 4 heteroatoms. The summed E-state index contributed by atoms with van der Waals surface area (Å²) in [6.45, 7) is 10.1. The van der Waals surface area contributed by atoms with Gasteiger partial charge >= 0.3 is 0 Å². The van der Waals surface area contributed by atoms with E-state index >= 15 is 0 Å². The van der Waals surface area contributed by atoms with E-state index in [0.717, 1.165) is 50.6 Å². The van der Waals surface area contributed by atoms with Crippen LogP contribution in [-0.4, -0.2) is 44.8 Å². The van der Waals surface area contributed by atoms with Gasteiger partial charge in [-0.3, -0.25) is 0 Å². The number of methoxy groups -OCH3 is 1. The van der Waals surface area contributed by atoms with Gasteiger partial charge in [-0.2, -0.15) is 0 Å². The Morgan fingerprint density at radius 1 is 0.923 bits per heavy atom. The summed E-state index contributed by atoms with van der Waals surface area (Å²) in [6, 6.07) is 16.5. The van der Waals surface area contributed by atoms with Crippen molar-refractivity contribution in [1.82, 2.24) is 10.2 Å². The fourth-order valence-corrected chi connectivity index (χ4v) is 2.87. The molecule has 0 bridgehead atoms. The maximum absolute atomic E-state index is 5.92. The van der Waals surface area contributed by atoms with Crippen LogP contribution in [0.25, 0.3) is 0 Å². The van der Waals surface area contributed by atoms with Crippen molar-refractivity contribution in [3.8, 4) is 11.5 Å². The van der Waals surface area contributed by atoms with E-state index < -0.39 is 0 Å². The van der Waals surface area contributed by atoms with Gasteiger partial charge in [-0.1, -0.05) is 50.2 Å². The normalized spacial score (nSPS) is 10.9. The van der Waals surface area contributed by atoms with E-state index in [4.69, 9.17) is 9.47 Å². The summed E-state index contributed by atoms with van der Waals surface area (Å²) in [5, 5.41) is 3.50. The standard InChI is InChI=1S/C22H32N2O2/c1-4-24(5-2)15-14-23-18-20-11-12-21(22(17-20)25-3)26-16-13-19-9-7-6-8-10-19/h6-12,17,23H,4-5,13-16,18H2,1-3H3. The second-order valence-corrected chi connectivity index (χ2v) is 6.27. The first-order chi connectivity index (χ1) is 12.8. The SMILES string of the molecule is CCN(CC)CCNCc1ccc(OCCc2ccccc2)c(OC)c1. The van der Waals surface area contributed by atoms with Crippen molar-refractivity contribution in [2.45, 2.75) is 26.8 Å². The van der Waals surface area contributed by atoms with Gasteiger partial charge in [0.2, 0.25) is 0 Å². The van der Waals surface area contributed by atoms with Crippen molar-refractivity contribution in [3.63, 3.8) is 0 Å². The van der Waals surface area contributed by atoms with Crippen LogP contribution in [0.15, 0.2) is 48.5 Å². The zero-order valence-electron chi connectivity index (χ0n) is 16.3. The monoisotopic (exact) mass is 356 g/mol. The predicted octanol–water partition coefficient (Wildman–Crippen LogP) is 3.75. The third-order valence-electron chi connectivity index (χ3n) is 4.55. The highest BCUT2D eigenvalue weighted by Gasteiger charge is 2.06. The van der Waals surface area contributed by atoms with E-state index in [9.17, 15) is 0 Å². The summed E-state index contributed by atoms with van der Waals surface area (Å²) in [7, 11) is 1.69. The molecule has 26 heavy (non-hydrogen) atoms. The van der Waals surface area contributed by atoms with Crippen LogP contribution in [0.4, 0.5) is 0 Å². The molecular formula is C22H32N2O2. The number of nitrogens with zero attached hydrogens (tertiary/aromatic N) is 1. The molecule has 0 aromatic heterocycles. The molecule has 1 N–H and O–H groups in total. The summed E-state index contributed by atoms with van der Waals surface area (Å²) in [6.07, 6.45) is 0.888. The molecule has 0 fully saturated rings. The van der Waals surface area contributed by atoms with Crippen LogP contribution in [0, 0.1) is 0 Å². The van der Waals surface area contributed by atoms with E-state index in [2.05, 4.69) is 60.5 Å². The molecule has 4 nitrogen and oxygen atoms in total. The Bertz CT molecular complexity index is 627. The number of ether oxygens (including phenoxy) is 2. The lowest BCUT2D eigenvalue weighted by Gasteiger charge is -2.18. The van der Waals surface area contributed by atoms with Gasteiger partial charge in [-0.05, 0) is 36.3 Å². The Morgan fingerprint density at radius 2 is 1.69 bits per heavy atom. The Hall–Kier alpha value is -2.04. The van der Waals surface area contributed by atoms with Crippen LogP contribution in [-0.2, 0) is 13.0 Å². The molecule has 0 spiro atoms. The average molecular weight is 357 g/mol. The van der Waals surface area contributed by atoms with Crippen molar-refractivity contribution in [2.75, 3.05) is 39.9 Å². The van der Waals surface area contributed by atoms with Gasteiger partial charge in [0.15, 0.2) is 11.5 Å².